The second kappa shape index (κ2) is 63.5. The Balaban J connectivity index is 5.20. The van der Waals surface area contributed by atoms with Gasteiger partial charge in [-0.3, -0.25) is 37.3 Å². The summed E-state index contributed by atoms with van der Waals surface area (Å²) in [6, 6.07) is 0. The third kappa shape index (κ3) is 64.6. The van der Waals surface area contributed by atoms with Gasteiger partial charge >= 0.3 is 39.5 Å². The van der Waals surface area contributed by atoms with Crippen LogP contribution in [0.2, 0.25) is 0 Å². The fourth-order valence-electron chi connectivity index (χ4n) is 10.6. The van der Waals surface area contributed by atoms with Gasteiger partial charge in [0.05, 0.1) is 26.4 Å². The number of hydrogen-bond acceptors (Lipinski definition) is 15. The molecule has 0 aliphatic carbocycles. The molecule has 0 aromatic heterocycles. The number of unbranched alkanes of at least 4 members (excludes halogenated alkanes) is 42. The second-order valence-corrected chi connectivity index (χ2v) is 28.7. The van der Waals surface area contributed by atoms with Crippen molar-refractivity contribution in [3.8, 4) is 0 Å². The van der Waals surface area contributed by atoms with Crippen LogP contribution in [0.25, 0.3) is 0 Å². The standard InChI is InChI=1S/C70H136O17P2/c1-6-9-12-15-18-20-22-24-26-28-30-32-34-40-45-50-55-69(74)86-66(60-81-68(73)54-49-44-39-33-31-29-27-25-23-21-19-16-13-10-7-2)62-85-89(78,79)83-58-64(71)57-82-88(76,77)84-61-65(59-80-67(72)53-48-43-37-17-14-11-8-3)87-70(75)56-51-46-41-36-35-38-42-47-52-63(4)5/h63-66,71H,6-62H2,1-5H3,(H,76,77)(H,78,79)/t64-,65+,66+/m0/s1. The van der Waals surface area contributed by atoms with Crippen molar-refractivity contribution in [2.75, 3.05) is 39.6 Å². The molecule has 3 N–H and O–H groups in total. The summed E-state index contributed by atoms with van der Waals surface area (Å²) in [6.45, 7) is 7.17. The third-order valence-corrected chi connectivity index (χ3v) is 18.2. The van der Waals surface area contributed by atoms with E-state index in [-0.39, 0.29) is 25.7 Å². The zero-order valence-corrected chi connectivity index (χ0v) is 59.4. The summed E-state index contributed by atoms with van der Waals surface area (Å²) >= 11 is 0. The molecule has 0 rings (SSSR count). The van der Waals surface area contributed by atoms with Crippen LogP contribution in [0.3, 0.4) is 0 Å². The summed E-state index contributed by atoms with van der Waals surface area (Å²) in [7, 11) is -9.89. The molecular formula is C70H136O17P2. The molecule has 0 heterocycles. The molecule has 0 fully saturated rings. The maximum atomic E-state index is 13.0. The topological polar surface area (TPSA) is 237 Å². The van der Waals surface area contributed by atoms with Crippen LogP contribution in [0.1, 0.15) is 362 Å². The van der Waals surface area contributed by atoms with Crippen molar-refractivity contribution in [3.05, 3.63) is 0 Å². The Morgan fingerprint density at radius 1 is 0.303 bits per heavy atom. The van der Waals surface area contributed by atoms with Gasteiger partial charge in [0, 0.05) is 25.7 Å². The second-order valence-electron chi connectivity index (χ2n) is 25.7. The number of phosphoric ester groups is 2. The average molecular weight is 1310 g/mol. The van der Waals surface area contributed by atoms with Gasteiger partial charge in [0.25, 0.3) is 0 Å². The number of carbonyl (C=O) groups excluding carboxylic acids is 4. The van der Waals surface area contributed by atoms with Gasteiger partial charge in [-0.2, -0.15) is 0 Å². The van der Waals surface area contributed by atoms with Gasteiger partial charge in [-0.1, -0.05) is 311 Å². The largest absolute Gasteiger partial charge is 0.472 e. The van der Waals surface area contributed by atoms with Crippen LogP contribution in [-0.4, -0.2) is 96.7 Å². The summed E-state index contributed by atoms with van der Waals surface area (Å²) in [4.78, 5) is 72.4. The quantitative estimate of drug-likeness (QED) is 0.0222. The van der Waals surface area contributed by atoms with E-state index < -0.39 is 97.5 Å². The molecule has 0 radical (unpaired) electrons. The van der Waals surface area contributed by atoms with Gasteiger partial charge < -0.3 is 33.8 Å². The van der Waals surface area contributed by atoms with Crippen molar-refractivity contribution in [2.24, 2.45) is 5.92 Å². The minimum atomic E-state index is -4.95. The molecule has 0 saturated carbocycles. The lowest BCUT2D eigenvalue weighted by molar-refractivity contribution is -0.161. The van der Waals surface area contributed by atoms with Crippen LogP contribution >= 0.6 is 15.6 Å². The van der Waals surface area contributed by atoms with Gasteiger partial charge in [-0.15, -0.1) is 0 Å². The molecule has 0 aliphatic rings. The molecule has 0 aromatic rings. The number of hydrogen-bond donors (Lipinski definition) is 3. The Hall–Kier alpha value is -1.94. The number of phosphoric acid groups is 2. The Kier molecular flexibility index (Phi) is 62.1. The predicted molar refractivity (Wildman–Crippen MR) is 358 cm³/mol. The molecule has 2 unspecified atom stereocenters. The Bertz CT molecular complexity index is 1720. The van der Waals surface area contributed by atoms with Gasteiger partial charge in [-0.05, 0) is 31.6 Å². The van der Waals surface area contributed by atoms with Gasteiger partial charge in [0.1, 0.15) is 19.3 Å². The minimum Gasteiger partial charge on any atom is -0.462 e. The number of ether oxygens (including phenoxy) is 4. The van der Waals surface area contributed by atoms with Crippen molar-refractivity contribution in [1.82, 2.24) is 0 Å². The fraction of sp³-hybridized carbons (Fsp3) is 0.943. The number of rotatable bonds is 70. The van der Waals surface area contributed by atoms with E-state index in [2.05, 4.69) is 34.6 Å². The van der Waals surface area contributed by atoms with Crippen LogP contribution in [0.5, 0.6) is 0 Å². The van der Waals surface area contributed by atoms with Crippen LogP contribution in [0, 0.1) is 5.92 Å². The van der Waals surface area contributed by atoms with E-state index in [1.54, 1.807) is 0 Å². The van der Waals surface area contributed by atoms with E-state index in [9.17, 15) is 43.2 Å². The lowest BCUT2D eigenvalue weighted by Gasteiger charge is -2.21. The van der Waals surface area contributed by atoms with Crippen LogP contribution in [-0.2, 0) is 65.4 Å². The van der Waals surface area contributed by atoms with Crippen molar-refractivity contribution < 1.29 is 80.2 Å². The highest BCUT2D eigenvalue weighted by Crippen LogP contribution is 2.45. The van der Waals surface area contributed by atoms with Crippen LogP contribution in [0.4, 0.5) is 0 Å². The predicted octanol–water partition coefficient (Wildman–Crippen LogP) is 20.1. The summed E-state index contributed by atoms with van der Waals surface area (Å²) in [5.41, 5.74) is 0. The van der Waals surface area contributed by atoms with Crippen molar-refractivity contribution in [1.29, 1.82) is 0 Å². The first-order valence-electron chi connectivity index (χ1n) is 36.6. The van der Waals surface area contributed by atoms with Gasteiger partial charge in [-0.25, -0.2) is 9.13 Å². The summed E-state index contributed by atoms with van der Waals surface area (Å²) in [5, 5.41) is 10.6. The zero-order chi connectivity index (χ0) is 65.6. The molecule has 528 valence electrons. The lowest BCUT2D eigenvalue weighted by Crippen LogP contribution is -2.30. The smallest absolute Gasteiger partial charge is 0.462 e. The molecule has 0 bridgehead atoms. The van der Waals surface area contributed by atoms with E-state index in [4.69, 9.17) is 37.0 Å². The lowest BCUT2D eigenvalue weighted by atomic mass is 10.0. The van der Waals surface area contributed by atoms with Crippen molar-refractivity contribution in [3.63, 3.8) is 0 Å². The van der Waals surface area contributed by atoms with E-state index in [1.165, 1.54) is 173 Å². The molecule has 0 aliphatic heterocycles. The average Bonchev–Trinajstić information content (AvgIpc) is 3.61. The highest BCUT2D eigenvalue weighted by Gasteiger charge is 2.30. The highest BCUT2D eigenvalue weighted by molar-refractivity contribution is 7.47. The Morgan fingerprint density at radius 2 is 0.517 bits per heavy atom. The first kappa shape index (κ1) is 87.1. The normalized spacial score (nSPS) is 14.1. The third-order valence-electron chi connectivity index (χ3n) is 16.3. The van der Waals surface area contributed by atoms with E-state index in [0.717, 1.165) is 109 Å². The van der Waals surface area contributed by atoms with Gasteiger partial charge in [0.15, 0.2) is 12.2 Å². The summed E-state index contributed by atoms with van der Waals surface area (Å²) in [5.74, 6) is -1.41. The zero-order valence-electron chi connectivity index (χ0n) is 57.6. The van der Waals surface area contributed by atoms with Crippen molar-refractivity contribution in [2.45, 2.75) is 380 Å². The monoisotopic (exact) mass is 1310 g/mol. The molecule has 89 heavy (non-hydrogen) atoms. The molecule has 19 heteroatoms. The van der Waals surface area contributed by atoms with Crippen molar-refractivity contribution >= 4 is 39.5 Å². The molecule has 0 amide bonds. The summed E-state index contributed by atoms with van der Waals surface area (Å²) < 4.78 is 68.2. The Morgan fingerprint density at radius 3 is 0.764 bits per heavy atom. The molecule has 0 saturated heterocycles. The maximum Gasteiger partial charge on any atom is 0.472 e. The van der Waals surface area contributed by atoms with E-state index in [1.807, 2.05) is 0 Å². The number of aliphatic hydroxyl groups is 1. The molecule has 5 atom stereocenters. The van der Waals surface area contributed by atoms with E-state index in [0.29, 0.717) is 25.7 Å². The Labute approximate surface area is 543 Å². The fourth-order valence-corrected chi connectivity index (χ4v) is 12.2. The number of aliphatic hydroxyl groups excluding tert-OH is 1. The molecule has 0 aromatic carbocycles. The molecular weight excluding hydrogens is 1170 g/mol. The first-order chi connectivity index (χ1) is 43.0. The minimum absolute atomic E-state index is 0.104. The van der Waals surface area contributed by atoms with Crippen LogP contribution < -0.4 is 0 Å². The van der Waals surface area contributed by atoms with Crippen LogP contribution in [0.15, 0.2) is 0 Å². The molecule has 0 spiro atoms. The molecule has 17 nitrogen and oxygen atoms in total. The summed E-state index contributed by atoms with van der Waals surface area (Å²) in [6.07, 6.45) is 50.1. The SMILES string of the molecule is CCCCCCCCCCCCCCCCCCC(=O)O[C@H](COC(=O)CCCCCCCCCCCCCCCCC)COP(=O)(O)OC[C@@H](O)COP(=O)(O)OC[C@@H](COC(=O)CCCCCCCCC)OC(=O)CCCCCCCCCCC(C)C. The first-order valence-corrected chi connectivity index (χ1v) is 39.6. The van der Waals surface area contributed by atoms with E-state index >= 15 is 0 Å². The van der Waals surface area contributed by atoms with Gasteiger partial charge in [0.2, 0.25) is 0 Å². The number of carbonyl (C=O) groups is 4. The maximum absolute atomic E-state index is 13.0. The highest BCUT2D eigenvalue weighted by atomic mass is 31.2. The number of esters is 4.